The van der Waals surface area contributed by atoms with Gasteiger partial charge in [-0.2, -0.15) is 17.0 Å². The van der Waals surface area contributed by atoms with Crippen LogP contribution in [0.5, 0.6) is 0 Å². The molecule has 1 aromatic rings. The highest BCUT2D eigenvalue weighted by atomic mass is 32.2. The lowest BCUT2D eigenvalue weighted by Gasteiger charge is -2.36. The van der Waals surface area contributed by atoms with Gasteiger partial charge in [-0.3, -0.25) is 9.69 Å². The van der Waals surface area contributed by atoms with Crippen LogP contribution in [-0.2, 0) is 15.0 Å². The zero-order chi connectivity index (χ0) is 20.0. The van der Waals surface area contributed by atoms with Crippen LogP contribution in [0.1, 0.15) is 25.7 Å². The predicted octanol–water partition coefficient (Wildman–Crippen LogP) is 2.09. The molecule has 1 N–H and O–H groups in total. The highest BCUT2D eigenvalue weighted by Gasteiger charge is 2.32. The fraction of sp³-hybridized carbons (Fsp3) is 0.632. The van der Waals surface area contributed by atoms with Crippen LogP contribution in [0.4, 0.5) is 5.69 Å². The molecule has 9 heteroatoms. The summed E-state index contributed by atoms with van der Waals surface area (Å²) in [6.07, 6.45) is 6.08. The summed E-state index contributed by atoms with van der Waals surface area (Å²) in [7, 11) is -3.38. The van der Waals surface area contributed by atoms with Crippen molar-refractivity contribution in [2.24, 2.45) is 0 Å². The number of piperazine rings is 1. The molecular weight excluding hydrogens is 396 g/mol. The number of nitrogens with one attached hydrogen (secondary N) is 1. The van der Waals surface area contributed by atoms with Crippen LogP contribution < -0.4 is 5.32 Å². The number of anilines is 1. The van der Waals surface area contributed by atoms with Crippen LogP contribution in [0.2, 0.25) is 0 Å². The summed E-state index contributed by atoms with van der Waals surface area (Å²) in [5, 5.41) is 2.97. The van der Waals surface area contributed by atoms with E-state index in [-0.39, 0.29) is 12.5 Å². The van der Waals surface area contributed by atoms with Crippen LogP contribution in [0.15, 0.2) is 29.2 Å². The molecule has 0 bridgehead atoms. The van der Waals surface area contributed by atoms with Crippen molar-refractivity contribution in [1.29, 1.82) is 0 Å². The molecule has 2 heterocycles. The second kappa shape index (κ2) is 10.1. The number of para-hydroxylation sites is 1. The predicted molar refractivity (Wildman–Crippen MR) is 114 cm³/mol. The van der Waals surface area contributed by atoms with E-state index in [1.54, 1.807) is 20.4 Å². The quantitative estimate of drug-likeness (QED) is 0.705. The summed E-state index contributed by atoms with van der Waals surface area (Å²) in [6, 6.07) is 7.73. The van der Waals surface area contributed by atoms with Crippen molar-refractivity contribution in [3.8, 4) is 0 Å². The van der Waals surface area contributed by atoms with Crippen molar-refractivity contribution in [3.05, 3.63) is 24.3 Å². The topological polar surface area (TPSA) is 73.0 Å². The number of amides is 1. The van der Waals surface area contributed by atoms with Crippen molar-refractivity contribution < 1.29 is 13.2 Å². The van der Waals surface area contributed by atoms with Gasteiger partial charge in [0.1, 0.15) is 0 Å². The molecule has 2 aliphatic heterocycles. The summed E-state index contributed by atoms with van der Waals surface area (Å²) >= 11 is 1.60. The van der Waals surface area contributed by atoms with E-state index in [0.717, 1.165) is 36.3 Å². The maximum Gasteiger partial charge on any atom is 0.282 e. The Bertz CT molecular complexity index is 756. The maximum atomic E-state index is 12.9. The van der Waals surface area contributed by atoms with Crippen molar-refractivity contribution >= 4 is 33.6 Å². The first-order valence-corrected chi connectivity index (χ1v) is 12.5. The van der Waals surface area contributed by atoms with E-state index in [1.807, 2.05) is 35.4 Å². The highest BCUT2D eigenvalue weighted by Crippen LogP contribution is 2.24. The van der Waals surface area contributed by atoms with Gasteiger partial charge in [-0.15, -0.1) is 11.8 Å². The molecule has 1 aromatic carbocycles. The van der Waals surface area contributed by atoms with E-state index in [4.69, 9.17) is 0 Å². The third-order valence-corrected chi connectivity index (χ3v) is 8.13. The van der Waals surface area contributed by atoms with Crippen molar-refractivity contribution in [1.82, 2.24) is 13.5 Å². The third-order valence-electron chi connectivity index (χ3n) is 5.30. The number of thioether (sulfide) groups is 1. The van der Waals surface area contributed by atoms with Gasteiger partial charge in [0.25, 0.3) is 10.2 Å². The van der Waals surface area contributed by atoms with Gasteiger partial charge in [0.2, 0.25) is 5.91 Å². The van der Waals surface area contributed by atoms with Crippen LogP contribution in [-0.4, -0.2) is 79.9 Å². The third kappa shape index (κ3) is 5.48. The van der Waals surface area contributed by atoms with Gasteiger partial charge >= 0.3 is 0 Å². The fourth-order valence-electron chi connectivity index (χ4n) is 3.69. The van der Waals surface area contributed by atoms with E-state index in [1.165, 1.54) is 0 Å². The Morgan fingerprint density at radius 2 is 1.57 bits per heavy atom. The molecule has 0 radical (unpaired) electrons. The Balaban J connectivity index is 1.50. The van der Waals surface area contributed by atoms with E-state index < -0.39 is 10.2 Å². The molecule has 2 saturated heterocycles. The van der Waals surface area contributed by atoms with Crippen molar-refractivity contribution in [3.63, 3.8) is 0 Å². The van der Waals surface area contributed by atoms with Crippen LogP contribution in [0, 0.1) is 0 Å². The normalized spacial score (nSPS) is 20.6. The Kier molecular flexibility index (Phi) is 7.76. The minimum Gasteiger partial charge on any atom is -0.324 e. The van der Waals surface area contributed by atoms with Crippen LogP contribution in [0.3, 0.4) is 0 Å². The second-order valence-electron chi connectivity index (χ2n) is 7.24. The largest absolute Gasteiger partial charge is 0.324 e. The summed E-state index contributed by atoms with van der Waals surface area (Å²) in [5.41, 5.74) is 0.822. The Morgan fingerprint density at radius 1 is 0.964 bits per heavy atom. The molecule has 0 unspecified atom stereocenters. The molecule has 0 aliphatic carbocycles. The van der Waals surface area contributed by atoms with Gasteiger partial charge in [0, 0.05) is 44.2 Å². The smallest absolute Gasteiger partial charge is 0.282 e. The number of carbonyl (C=O) groups is 1. The molecule has 0 aromatic heterocycles. The average Bonchev–Trinajstić information content (AvgIpc) is 2.99. The fourth-order valence-corrected chi connectivity index (χ4v) is 5.92. The first-order chi connectivity index (χ1) is 13.5. The minimum atomic E-state index is -3.38. The molecule has 156 valence electrons. The lowest BCUT2D eigenvalue weighted by molar-refractivity contribution is -0.117. The van der Waals surface area contributed by atoms with Crippen molar-refractivity contribution in [2.75, 3.05) is 57.4 Å². The summed E-state index contributed by atoms with van der Waals surface area (Å²) in [5.74, 6) is -0.0645. The second-order valence-corrected chi connectivity index (χ2v) is 10.0. The number of rotatable bonds is 6. The molecule has 7 nitrogen and oxygen atoms in total. The highest BCUT2D eigenvalue weighted by molar-refractivity contribution is 7.98. The monoisotopic (exact) mass is 426 g/mol. The average molecular weight is 427 g/mol. The van der Waals surface area contributed by atoms with Gasteiger partial charge in [0.05, 0.1) is 12.2 Å². The Morgan fingerprint density at radius 3 is 2.21 bits per heavy atom. The van der Waals surface area contributed by atoms with Crippen LogP contribution in [0.25, 0.3) is 0 Å². The molecule has 0 atom stereocenters. The number of benzene rings is 1. The molecule has 3 rings (SSSR count). The number of hydrogen-bond acceptors (Lipinski definition) is 5. The summed E-state index contributed by atoms with van der Waals surface area (Å²) in [4.78, 5) is 15.5. The zero-order valence-corrected chi connectivity index (χ0v) is 18.1. The minimum absolute atomic E-state index is 0.0645. The van der Waals surface area contributed by atoms with Crippen molar-refractivity contribution in [2.45, 2.75) is 30.6 Å². The van der Waals surface area contributed by atoms with E-state index >= 15 is 0 Å². The SMILES string of the molecule is CSc1ccccc1NC(=O)CN1CCN(S(=O)(=O)N2CCCCCC2)CC1. The standard InChI is InChI=1S/C19H30N4O3S2/c1-27-18-9-5-4-8-17(18)20-19(24)16-21-12-14-23(15-13-21)28(25,26)22-10-6-2-3-7-11-22/h4-5,8-9H,2-3,6-7,10-16H2,1H3,(H,20,24). The molecule has 2 fully saturated rings. The number of hydrogen-bond donors (Lipinski definition) is 1. The summed E-state index contributed by atoms with van der Waals surface area (Å²) in [6.45, 7) is 3.55. The Labute approximate surface area is 172 Å². The maximum absolute atomic E-state index is 12.9. The van der Waals surface area contributed by atoms with E-state index in [2.05, 4.69) is 5.32 Å². The lowest BCUT2D eigenvalue weighted by atomic mass is 10.2. The molecular formula is C19H30N4O3S2. The molecule has 28 heavy (non-hydrogen) atoms. The van der Waals surface area contributed by atoms with Gasteiger partial charge < -0.3 is 5.32 Å². The van der Waals surface area contributed by atoms with Gasteiger partial charge in [0.15, 0.2) is 0 Å². The van der Waals surface area contributed by atoms with Gasteiger partial charge in [-0.25, -0.2) is 0 Å². The number of nitrogens with zero attached hydrogens (tertiary/aromatic N) is 3. The van der Waals surface area contributed by atoms with Gasteiger partial charge in [-0.1, -0.05) is 25.0 Å². The van der Waals surface area contributed by atoms with E-state index in [0.29, 0.717) is 39.3 Å². The zero-order valence-electron chi connectivity index (χ0n) is 16.5. The molecule has 0 saturated carbocycles. The first-order valence-electron chi connectivity index (χ1n) is 9.91. The van der Waals surface area contributed by atoms with E-state index in [9.17, 15) is 13.2 Å². The summed E-state index contributed by atoms with van der Waals surface area (Å²) < 4.78 is 29.0. The lowest BCUT2D eigenvalue weighted by Crippen LogP contribution is -2.54. The first kappa shape index (κ1) is 21.6. The molecule has 2 aliphatic rings. The van der Waals surface area contributed by atoms with Gasteiger partial charge in [-0.05, 0) is 31.2 Å². The van der Waals surface area contributed by atoms with Crippen LogP contribution >= 0.6 is 11.8 Å². The molecule has 0 spiro atoms. The Hall–Kier alpha value is -1.13. The number of carbonyl (C=O) groups excluding carboxylic acids is 1. The molecule has 1 amide bonds.